The first-order chi connectivity index (χ1) is 8.22. The van der Waals surface area contributed by atoms with Crippen molar-refractivity contribution in [2.24, 2.45) is 0 Å². The van der Waals surface area contributed by atoms with Crippen molar-refractivity contribution in [3.8, 4) is 6.07 Å². The first-order valence-electron chi connectivity index (χ1n) is 4.65. The van der Waals surface area contributed by atoms with E-state index in [1.54, 1.807) is 24.3 Å². The predicted octanol–water partition coefficient (Wildman–Crippen LogP) is 0.368. The van der Waals surface area contributed by atoms with E-state index < -0.39 is 11.9 Å². The van der Waals surface area contributed by atoms with Crippen molar-refractivity contribution in [3.63, 3.8) is 0 Å². The van der Waals surface area contributed by atoms with Crippen LogP contribution < -0.4 is 10.7 Å². The van der Waals surface area contributed by atoms with Gasteiger partial charge in [-0.2, -0.15) is 10.3 Å². The van der Waals surface area contributed by atoms with E-state index in [4.69, 9.17) is 5.26 Å². The topological polar surface area (TPSA) is 98.1 Å². The van der Waals surface area contributed by atoms with Gasteiger partial charge in [-0.3, -0.25) is 10.2 Å². The minimum atomic E-state index is -0.651. The number of hydrogen-bond acceptors (Lipinski definition) is 5. The molecule has 84 valence electrons. The van der Waals surface area contributed by atoms with Crippen LogP contribution in [0.5, 0.6) is 0 Å². The smallest absolute Gasteiger partial charge is 0.300 e. The summed E-state index contributed by atoms with van der Waals surface area (Å²) in [5, 5.41) is 11.4. The number of carbonyl (C=O) groups excluding carboxylic acids is 2. The summed E-state index contributed by atoms with van der Waals surface area (Å²) in [5.74, 6) is -0.267. The summed E-state index contributed by atoms with van der Waals surface area (Å²) in [5.41, 5.74) is 2.47. The molecule has 0 unspecified atom stereocenters. The predicted molar refractivity (Wildman–Crippen MR) is 56.9 cm³/mol. The molecule has 7 nitrogen and oxygen atoms in total. The SMILES string of the molecule is N#C/C=C1\NC(=O)N(Nc2ccccn2)C1=O. The Morgan fingerprint density at radius 2 is 2.29 bits per heavy atom. The highest BCUT2D eigenvalue weighted by molar-refractivity contribution is 6.12. The molecule has 1 aliphatic heterocycles. The molecule has 0 aliphatic carbocycles. The third-order valence-corrected chi connectivity index (χ3v) is 1.98. The summed E-state index contributed by atoms with van der Waals surface area (Å²) in [6.45, 7) is 0. The molecule has 0 bridgehead atoms. The van der Waals surface area contributed by atoms with E-state index in [9.17, 15) is 9.59 Å². The van der Waals surface area contributed by atoms with Crippen LogP contribution in [0, 0.1) is 11.3 Å². The van der Waals surface area contributed by atoms with Gasteiger partial charge in [-0.25, -0.2) is 9.78 Å². The molecule has 1 saturated heterocycles. The normalized spacial score (nSPS) is 16.9. The maximum Gasteiger partial charge on any atom is 0.348 e. The Morgan fingerprint density at radius 1 is 1.47 bits per heavy atom. The standard InChI is InChI=1S/C10H7N5O2/c11-5-4-7-9(16)15(10(17)13-7)14-8-3-1-2-6-12-8/h1-4,6H,(H,12,14)(H,13,17)/b7-4-. The van der Waals surface area contributed by atoms with Crippen molar-refractivity contribution in [2.45, 2.75) is 0 Å². The number of imide groups is 1. The number of nitrogens with one attached hydrogen (secondary N) is 2. The number of rotatable bonds is 2. The van der Waals surface area contributed by atoms with E-state index in [-0.39, 0.29) is 5.70 Å². The molecule has 3 amide bonds. The molecule has 2 heterocycles. The number of urea groups is 1. The van der Waals surface area contributed by atoms with Gasteiger partial charge in [0.2, 0.25) is 0 Å². The lowest BCUT2D eigenvalue weighted by Crippen LogP contribution is -2.36. The zero-order valence-corrected chi connectivity index (χ0v) is 8.54. The molecule has 0 radical (unpaired) electrons. The summed E-state index contributed by atoms with van der Waals surface area (Å²) in [7, 11) is 0. The molecule has 0 aromatic carbocycles. The lowest BCUT2D eigenvalue weighted by molar-refractivity contribution is -0.122. The molecule has 1 aromatic rings. The Kier molecular flexibility index (Phi) is 2.70. The molecule has 2 N–H and O–H groups in total. The van der Waals surface area contributed by atoms with Gasteiger partial charge in [0.05, 0.1) is 6.07 Å². The zero-order valence-electron chi connectivity index (χ0n) is 8.54. The third-order valence-electron chi connectivity index (χ3n) is 1.98. The molecule has 17 heavy (non-hydrogen) atoms. The van der Waals surface area contributed by atoms with E-state index >= 15 is 0 Å². The highest BCUT2D eigenvalue weighted by Gasteiger charge is 2.34. The number of anilines is 1. The van der Waals surface area contributed by atoms with Gasteiger partial charge in [-0.15, -0.1) is 0 Å². The molecule has 1 fully saturated rings. The van der Waals surface area contributed by atoms with Crippen LogP contribution in [0.4, 0.5) is 10.6 Å². The molecule has 7 heteroatoms. The summed E-state index contributed by atoms with van der Waals surface area (Å²) < 4.78 is 0. The minimum absolute atomic E-state index is 0.0686. The van der Waals surface area contributed by atoms with Gasteiger partial charge < -0.3 is 5.32 Å². The average molecular weight is 229 g/mol. The number of aromatic nitrogens is 1. The summed E-state index contributed by atoms with van der Waals surface area (Å²) in [4.78, 5) is 27.0. The lowest BCUT2D eigenvalue weighted by Gasteiger charge is -2.13. The lowest BCUT2D eigenvalue weighted by atomic mass is 10.4. The third kappa shape index (κ3) is 2.05. The van der Waals surface area contributed by atoms with Crippen LogP contribution in [0.2, 0.25) is 0 Å². The molecule has 1 aromatic heterocycles. The van der Waals surface area contributed by atoms with Gasteiger partial charge in [0.15, 0.2) is 0 Å². The van der Waals surface area contributed by atoms with Crippen molar-refractivity contribution in [1.29, 1.82) is 5.26 Å². The van der Waals surface area contributed by atoms with Crippen LogP contribution in [-0.4, -0.2) is 21.9 Å². The van der Waals surface area contributed by atoms with Crippen LogP contribution in [-0.2, 0) is 4.79 Å². The maximum atomic E-state index is 11.6. The second-order valence-corrected chi connectivity index (χ2v) is 3.08. The summed E-state index contributed by atoms with van der Waals surface area (Å²) in [6, 6.07) is 6.04. The van der Waals surface area contributed by atoms with E-state index in [0.29, 0.717) is 5.82 Å². The van der Waals surface area contributed by atoms with E-state index in [1.165, 1.54) is 6.20 Å². The van der Waals surface area contributed by atoms with Crippen molar-refractivity contribution < 1.29 is 9.59 Å². The highest BCUT2D eigenvalue weighted by atomic mass is 16.2. The number of hydrogen-bond donors (Lipinski definition) is 2. The molecule has 1 aliphatic rings. The van der Waals surface area contributed by atoms with Gasteiger partial charge in [0, 0.05) is 12.3 Å². The number of amides is 3. The van der Waals surface area contributed by atoms with Crippen molar-refractivity contribution in [1.82, 2.24) is 15.3 Å². The highest BCUT2D eigenvalue weighted by Crippen LogP contribution is 2.11. The monoisotopic (exact) mass is 229 g/mol. The minimum Gasteiger partial charge on any atom is -0.300 e. The number of nitriles is 1. The van der Waals surface area contributed by atoms with Gasteiger partial charge in [-0.05, 0) is 12.1 Å². The molecular weight excluding hydrogens is 222 g/mol. The zero-order chi connectivity index (χ0) is 12.3. The van der Waals surface area contributed by atoms with Gasteiger partial charge in [-0.1, -0.05) is 6.07 Å². The van der Waals surface area contributed by atoms with Crippen LogP contribution >= 0.6 is 0 Å². The average Bonchev–Trinajstić information content (AvgIpc) is 2.59. The second kappa shape index (κ2) is 4.32. The Bertz CT molecular complexity index is 531. The molecule has 0 spiro atoms. The second-order valence-electron chi connectivity index (χ2n) is 3.08. The Hall–Kier alpha value is -2.88. The number of allylic oxidation sites excluding steroid dienone is 1. The fraction of sp³-hybridized carbons (Fsp3) is 0. The summed E-state index contributed by atoms with van der Waals surface area (Å²) in [6.07, 6.45) is 2.49. The number of carbonyl (C=O) groups is 2. The fourth-order valence-electron chi connectivity index (χ4n) is 1.24. The first-order valence-corrected chi connectivity index (χ1v) is 4.65. The Morgan fingerprint density at radius 3 is 2.94 bits per heavy atom. The number of nitrogens with zero attached hydrogens (tertiary/aromatic N) is 3. The quantitative estimate of drug-likeness (QED) is 0.433. The fourth-order valence-corrected chi connectivity index (χ4v) is 1.24. The van der Waals surface area contributed by atoms with Crippen LogP contribution in [0.1, 0.15) is 0 Å². The molecule has 2 rings (SSSR count). The maximum absolute atomic E-state index is 11.6. The molecule has 0 atom stereocenters. The Balaban J connectivity index is 2.18. The van der Waals surface area contributed by atoms with E-state index in [1.807, 2.05) is 0 Å². The number of pyridine rings is 1. The van der Waals surface area contributed by atoms with Gasteiger partial charge in [0.25, 0.3) is 5.91 Å². The molecular formula is C10H7N5O2. The largest absolute Gasteiger partial charge is 0.348 e. The van der Waals surface area contributed by atoms with Gasteiger partial charge in [0.1, 0.15) is 11.5 Å². The Labute approximate surface area is 96.3 Å². The molecule has 0 saturated carbocycles. The van der Waals surface area contributed by atoms with Crippen LogP contribution in [0.3, 0.4) is 0 Å². The first kappa shape index (κ1) is 10.6. The van der Waals surface area contributed by atoms with Crippen LogP contribution in [0.15, 0.2) is 36.2 Å². The van der Waals surface area contributed by atoms with E-state index in [0.717, 1.165) is 11.1 Å². The van der Waals surface area contributed by atoms with Crippen molar-refractivity contribution >= 4 is 17.8 Å². The van der Waals surface area contributed by atoms with Crippen LogP contribution in [0.25, 0.3) is 0 Å². The van der Waals surface area contributed by atoms with Gasteiger partial charge >= 0.3 is 6.03 Å². The number of hydrazine groups is 1. The van der Waals surface area contributed by atoms with E-state index in [2.05, 4.69) is 15.7 Å². The van der Waals surface area contributed by atoms with Crippen molar-refractivity contribution in [2.75, 3.05) is 5.43 Å². The van der Waals surface area contributed by atoms with Crippen molar-refractivity contribution in [3.05, 3.63) is 36.2 Å². The summed E-state index contributed by atoms with van der Waals surface area (Å²) >= 11 is 0.